The van der Waals surface area contributed by atoms with Crippen LogP contribution < -0.4 is 5.32 Å². The zero-order valence-corrected chi connectivity index (χ0v) is 11.2. The minimum Gasteiger partial charge on any atom is -0.351 e. The Kier molecular flexibility index (Phi) is 3.06. The molecular formula is C15H18ClNO. The smallest absolute Gasteiger partial charge is 0.251 e. The van der Waals surface area contributed by atoms with Gasteiger partial charge in [-0.25, -0.2) is 0 Å². The fourth-order valence-corrected chi connectivity index (χ4v) is 2.98. The van der Waals surface area contributed by atoms with Crippen LogP contribution in [0, 0.1) is 5.41 Å². The highest BCUT2D eigenvalue weighted by Crippen LogP contribution is 2.45. The Labute approximate surface area is 113 Å². The van der Waals surface area contributed by atoms with E-state index in [9.17, 15) is 4.79 Å². The van der Waals surface area contributed by atoms with Crippen LogP contribution in [0.1, 0.15) is 40.7 Å². The predicted molar refractivity (Wildman–Crippen MR) is 73.2 cm³/mol. The van der Waals surface area contributed by atoms with Gasteiger partial charge in [-0.2, -0.15) is 0 Å². The van der Waals surface area contributed by atoms with Crippen molar-refractivity contribution in [3.63, 3.8) is 0 Å². The van der Waals surface area contributed by atoms with Crippen molar-refractivity contribution in [2.24, 2.45) is 5.41 Å². The highest BCUT2D eigenvalue weighted by molar-refractivity contribution is 6.18. The number of carbonyl (C=O) groups excluding carboxylic acids is 1. The zero-order valence-electron chi connectivity index (χ0n) is 10.5. The number of rotatable bonds is 4. The molecule has 1 aromatic rings. The molecule has 3 rings (SSSR count). The lowest BCUT2D eigenvalue weighted by Crippen LogP contribution is -2.31. The molecule has 0 bridgehead atoms. The minimum absolute atomic E-state index is 0.0427. The van der Waals surface area contributed by atoms with E-state index >= 15 is 0 Å². The van der Waals surface area contributed by atoms with Crippen molar-refractivity contribution >= 4 is 17.5 Å². The molecule has 2 aliphatic carbocycles. The molecule has 2 nitrogen and oxygen atoms in total. The average molecular weight is 264 g/mol. The normalized spacial score (nSPS) is 19.4. The van der Waals surface area contributed by atoms with Crippen molar-refractivity contribution in [2.75, 3.05) is 12.4 Å². The number of alkyl halides is 1. The van der Waals surface area contributed by atoms with Gasteiger partial charge in [-0.15, -0.1) is 11.6 Å². The van der Waals surface area contributed by atoms with Crippen molar-refractivity contribution in [1.29, 1.82) is 0 Å². The third-order valence-electron chi connectivity index (χ3n) is 4.23. The first kappa shape index (κ1) is 12.0. The highest BCUT2D eigenvalue weighted by atomic mass is 35.5. The Morgan fingerprint density at radius 1 is 1.28 bits per heavy atom. The molecule has 1 amide bonds. The summed E-state index contributed by atoms with van der Waals surface area (Å²) in [5, 5.41) is 3.02. The van der Waals surface area contributed by atoms with Gasteiger partial charge in [-0.05, 0) is 55.4 Å². The number of carbonyl (C=O) groups is 1. The molecule has 0 saturated heterocycles. The Balaban J connectivity index is 1.65. The lowest BCUT2D eigenvalue weighted by Gasteiger charge is -2.12. The molecule has 96 valence electrons. The molecule has 18 heavy (non-hydrogen) atoms. The second-order valence-corrected chi connectivity index (χ2v) is 5.92. The number of amides is 1. The Bertz CT molecular complexity index is 479. The van der Waals surface area contributed by atoms with Crippen molar-refractivity contribution < 1.29 is 4.79 Å². The standard InChI is InChI=1S/C15H18ClNO/c16-9-15(6-7-15)10-17-14(18)13-5-4-11-2-1-3-12(11)8-13/h4-5,8H,1-3,6-7,9-10H2,(H,17,18). The summed E-state index contributed by atoms with van der Waals surface area (Å²) in [7, 11) is 0. The lowest BCUT2D eigenvalue weighted by atomic mass is 10.1. The van der Waals surface area contributed by atoms with Crippen molar-refractivity contribution in [1.82, 2.24) is 5.32 Å². The highest BCUT2D eigenvalue weighted by Gasteiger charge is 2.41. The largest absolute Gasteiger partial charge is 0.351 e. The summed E-state index contributed by atoms with van der Waals surface area (Å²) in [6, 6.07) is 6.10. The molecule has 1 fully saturated rings. The van der Waals surface area contributed by atoms with Gasteiger partial charge in [-0.3, -0.25) is 4.79 Å². The molecule has 1 aromatic carbocycles. The molecule has 2 aliphatic rings. The minimum atomic E-state index is 0.0427. The van der Waals surface area contributed by atoms with Crippen molar-refractivity contribution in [3.05, 3.63) is 34.9 Å². The molecule has 0 spiro atoms. The Morgan fingerprint density at radius 3 is 2.78 bits per heavy atom. The maximum Gasteiger partial charge on any atom is 0.251 e. The van der Waals surface area contributed by atoms with Crippen LogP contribution in [0.3, 0.4) is 0 Å². The van der Waals surface area contributed by atoms with E-state index in [2.05, 4.69) is 17.4 Å². The van der Waals surface area contributed by atoms with Gasteiger partial charge in [-0.1, -0.05) is 6.07 Å². The van der Waals surface area contributed by atoms with Crippen LogP contribution in [0.25, 0.3) is 0 Å². The molecule has 0 aromatic heterocycles. The zero-order chi connectivity index (χ0) is 12.6. The average Bonchev–Trinajstić information content (AvgIpc) is 3.04. The summed E-state index contributed by atoms with van der Waals surface area (Å²) in [6.07, 6.45) is 5.77. The van der Waals surface area contributed by atoms with Gasteiger partial charge in [0.15, 0.2) is 0 Å². The number of aryl methyl sites for hydroxylation is 2. The van der Waals surface area contributed by atoms with Gasteiger partial charge in [0.25, 0.3) is 5.91 Å². The van der Waals surface area contributed by atoms with E-state index in [1.807, 2.05) is 6.07 Å². The van der Waals surface area contributed by atoms with Crippen LogP contribution in [-0.2, 0) is 12.8 Å². The Morgan fingerprint density at radius 2 is 2.06 bits per heavy atom. The van der Waals surface area contributed by atoms with E-state index in [1.165, 1.54) is 17.5 Å². The van der Waals surface area contributed by atoms with Crippen LogP contribution in [0.2, 0.25) is 0 Å². The first-order chi connectivity index (χ1) is 8.72. The number of benzene rings is 1. The topological polar surface area (TPSA) is 29.1 Å². The molecular weight excluding hydrogens is 246 g/mol. The maximum atomic E-state index is 12.1. The van der Waals surface area contributed by atoms with Crippen LogP contribution in [0.4, 0.5) is 0 Å². The fourth-order valence-electron chi connectivity index (χ4n) is 2.62. The monoisotopic (exact) mass is 263 g/mol. The third-order valence-corrected chi connectivity index (χ3v) is 4.79. The number of hydrogen-bond acceptors (Lipinski definition) is 1. The number of fused-ring (bicyclic) bond motifs is 1. The maximum absolute atomic E-state index is 12.1. The van der Waals surface area contributed by atoms with E-state index in [0.717, 1.165) is 31.2 Å². The molecule has 3 heteroatoms. The van der Waals surface area contributed by atoms with Gasteiger partial charge >= 0.3 is 0 Å². The van der Waals surface area contributed by atoms with E-state index in [1.54, 1.807) is 0 Å². The first-order valence-electron chi connectivity index (χ1n) is 6.68. The number of nitrogens with one attached hydrogen (secondary N) is 1. The Hall–Kier alpha value is -1.02. The SMILES string of the molecule is O=C(NCC1(CCl)CC1)c1ccc2c(c1)CCC2. The van der Waals surface area contributed by atoms with Gasteiger partial charge < -0.3 is 5.32 Å². The second kappa shape index (κ2) is 4.58. The summed E-state index contributed by atoms with van der Waals surface area (Å²) in [5.74, 6) is 0.693. The third kappa shape index (κ3) is 2.26. The summed E-state index contributed by atoms with van der Waals surface area (Å²) in [4.78, 5) is 12.1. The van der Waals surface area contributed by atoms with E-state index in [4.69, 9.17) is 11.6 Å². The molecule has 0 unspecified atom stereocenters. The van der Waals surface area contributed by atoms with Crippen LogP contribution in [-0.4, -0.2) is 18.3 Å². The van der Waals surface area contributed by atoms with Crippen LogP contribution in [0.15, 0.2) is 18.2 Å². The number of halogens is 1. The molecule has 0 radical (unpaired) electrons. The predicted octanol–water partition coefficient (Wildman–Crippen LogP) is 2.92. The molecule has 0 heterocycles. The van der Waals surface area contributed by atoms with Crippen LogP contribution >= 0.6 is 11.6 Å². The van der Waals surface area contributed by atoms with Gasteiger partial charge in [0.2, 0.25) is 0 Å². The second-order valence-electron chi connectivity index (χ2n) is 5.65. The van der Waals surface area contributed by atoms with Gasteiger partial charge in [0, 0.05) is 23.4 Å². The van der Waals surface area contributed by atoms with Gasteiger partial charge in [0.05, 0.1) is 0 Å². The summed E-state index contributed by atoms with van der Waals surface area (Å²) < 4.78 is 0. The van der Waals surface area contributed by atoms with Gasteiger partial charge in [0.1, 0.15) is 0 Å². The molecule has 0 aliphatic heterocycles. The van der Waals surface area contributed by atoms with E-state index in [-0.39, 0.29) is 11.3 Å². The van der Waals surface area contributed by atoms with E-state index in [0.29, 0.717) is 12.4 Å². The van der Waals surface area contributed by atoms with E-state index < -0.39 is 0 Å². The van der Waals surface area contributed by atoms with Crippen molar-refractivity contribution in [3.8, 4) is 0 Å². The summed E-state index contributed by atoms with van der Waals surface area (Å²) >= 11 is 5.91. The molecule has 1 N–H and O–H groups in total. The fraction of sp³-hybridized carbons (Fsp3) is 0.533. The first-order valence-corrected chi connectivity index (χ1v) is 7.22. The summed E-state index contributed by atoms with van der Waals surface area (Å²) in [6.45, 7) is 0.715. The number of hydrogen-bond donors (Lipinski definition) is 1. The van der Waals surface area contributed by atoms with Crippen molar-refractivity contribution in [2.45, 2.75) is 32.1 Å². The molecule has 1 saturated carbocycles. The molecule has 0 atom stereocenters. The quantitative estimate of drug-likeness (QED) is 0.832. The lowest BCUT2D eigenvalue weighted by molar-refractivity contribution is 0.0946. The van der Waals surface area contributed by atoms with Crippen LogP contribution in [0.5, 0.6) is 0 Å². The summed E-state index contributed by atoms with van der Waals surface area (Å²) in [5.41, 5.74) is 3.74.